The van der Waals surface area contributed by atoms with Crippen molar-refractivity contribution in [3.63, 3.8) is 0 Å². The van der Waals surface area contributed by atoms with Crippen molar-refractivity contribution in [3.05, 3.63) is 34.2 Å². The Hall–Kier alpha value is -2.45. The number of carbonyl (C=O) groups excluding carboxylic acids is 2. The van der Waals surface area contributed by atoms with Gasteiger partial charge in [0.15, 0.2) is 0 Å². The van der Waals surface area contributed by atoms with E-state index in [0.717, 1.165) is 6.07 Å². The second-order valence-electron chi connectivity index (χ2n) is 6.78. The van der Waals surface area contributed by atoms with E-state index in [1.165, 1.54) is 0 Å². The molecule has 0 unspecified atom stereocenters. The molecular weight excluding hydrogens is 488 g/mol. The molecule has 2 amide bonds. The van der Waals surface area contributed by atoms with Crippen molar-refractivity contribution < 1.29 is 58.6 Å². The molecule has 1 fully saturated rings. The van der Waals surface area contributed by atoms with Crippen LogP contribution in [0.4, 0.5) is 48.7 Å². The number of thioether (sulfide) groups is 1. The fourth-order valence-corrected chi connectivity index (χ4v) is 3.67. The Labute approximate surface area is 176 Å². The summed E-state index contributed by atoms with van der Waals surface area (Å²) in [6.07, 6.45) is -20.3. The number of amides is 2. The number of aromatic hydroxyl groups is 1. The number of benzene rings is 1. The summed E-state index contributed by atoms with van der Waals surface area (Å²) in [4.78, 5) is 23.4. The third-order valence-corrected chi connectivity index (χ3v) is 4.88. The van der Waals surface area contributed by atoms with Crippen LogP contribution < -0.4 is 0 Å². The fourth-order valence-electron chi connectivity index (χ4n) is 2.83. The van der Waals surface area contributed by atoms with Crippen molar-refractivity contribution in [2.24, 2.45) is 0 Å². The minimum absolute atomic E-state index is 0.00355. The Balaban J connectivity index is 2.34. The number of phenols is 1. The molecule has 0 aliphatic carbocycles. The lowest BCUT2D eigenvalue weighted by Gasteiger charge is -2.30. The van der Waals surface area contributed by atoms with Gasteiger partial charge in [-0.25, -0.2) is 4.39 Å². The standard InChI is InChI=1S/C17H11F10NO3S/c18-14(5-15(19,20)21,6-16(22,23)24)7-28-12(30)11(32-13(28)31)4-8-1-2-10(29)9(3-8)17(25,26)27/h1-4,29H,5-7H2/b11-4-. The van der Waals surface area contributed by atoms with Crippen molar-refractivity contribution in [2.75, 3.05) is 6.54 Å². The molecule has 1 N–H and O–H groups in total. The number of alkyl halides is 10. The molecule has 1 aromatic carbocycles. The first kappa shape index (κ1) is 25.8. The first-order valence-corrected chi connectivity index (χ1v) is 9.09. The van der Waals surface area contributed by atoms with E-state index in [0.29, 0.717) is 18.2 Å². The average Bonchev–Trinajstić information content (AvgIpc) is 2.79. The number of imide groups is 1. The van der Waals surface area contributed by atoms with E-state index >= 15 is 0 Å². The minimum Gasteiger partial charge on any atom is -0.507 e. The zero-order chi connectivity index (χ0) is 24.7. The summed E-state index contributed by atoms with van der Waals surface area (Å²) in [5.74, 6) is -2.63. The molecule has 1 aliphatic heterocycles. The van der Waals surface area contributed by atoms with Crippen molar-refractivity contribution in [2.45, 2.75) is 37.0 Å². The average molecular weight is 499 g/mol. The maximum atomic E-state index is 14.6. The van der Waals surface area contributed by atoms with Crippen LogP contribution in [0.3, 0.4) is 0 Å². The van der Waals surface area contributed by atoms with Crippen molar-refractivity contribution in [1.29, 1.82) is 0 Å². The maximum absolute atomic E-state index is 14.6. The molecule has 4 nitrogen and oxygen atoms in total. The van der Waals surface area contributed by atoms with Gasteiger partial charge in [-0.3, -0.25) is 14.5 Å². The molecule has 1 saturated heterocycles. The Morgan fingerprint density at radius 2 is 1.44 bits per heavy atom. The molecule has 0 bridgehead atoms. The van der Waals surface area contributed by atoms with Crippen LogP contribution in [0, 0.1) is 0 Å². The van der Waals surface area contributed by atoms with Crippen LogP contribution in [-0.4, -0.2) is 45.7 Å². The quantitative estimate of drug-likeness (QED) is 0.395. The van der Waals surface area contributed by atoms with E-state index in [1.807, 2.05) is 0 Å². The van der Waals surface area contributed by atoms with Gasteiger partial charge in [0.2, 0.25) is 0 Å². The molecule has 1 aromatic rings. The van der Waals surface area contributed by atoms with Crippen LogP contribution in [0.1, 0.15) is 24.0 Å². The van der Waals surface area contributed by atoms with E-state index in [2.05, 4.69) is 0 Å². The topological polar surface area (TPSA) is 57.6 Å². The number of phenolic OH excluding ortho intramolecular Hbond substituents is 1. The lowest BCUT2D eigenvalue weighted by Crippen LogP contribution is -2.47. The highest BCUT2D eigenvalue weighted by Gasteiger charge is 2.53. The monoisotopic (exact) mass is 499 g/mol. The van der Waals surface area contributed by atoms with Gasteiger partial charge in [0.25, 0.3) is 11.1 Å². The van der Waals surface area contributed by atoms with E-state index < -0.39 is 70.9 Å². The van der Waals surface area contributed by atoms with Gasteiger partial charge in [-0.1, -0.05) is 6.07 Å². The SMILES string of the molecule is O=C1S/C(=C\c2ccc(O)c(C(F)(F)F)c2)C(=O)N1CC(F)(CC(F)(F)F)CC(F)(F)F. The number of rotatable bonds is 5. The lowest BCUT2D eigenvalue weighted by atomic mass is 9.96. The summed E-state index contributed by atoms with van der Waals surface area (Å²) in [7, 11) is 0. The molecule has 0 atom stereocenters. The first-order valence-electron chi connectivity index (χ1n) is 8.28. The third-order valence-electron chi connectivity index (χ3n) is 3.97. The Morgan fingerprint density at radius 1 is 0.906 bits per heavy atom. The van der Waals surface area contributed by atoms with Gasteiger partial charge in [-0.15, -0.1) is 0 Å². The lowest BCUT2D eigenvalue weighted by molar-refractivity contribution is -0.201. The maximum Gasteiger partial charge on any atom is 0.419 e. The number of carbonyl (C=O) groups is 2. The summed E-state index contributed by atoms with van der Waals surface area (Å²) in [6.45, 7) is -1.86. The van der Waals surface area contributed by atoms with Crippen LogP contribution in [-0.2, 0) is 11.0 Å². The predicted molar refractivity (Wildman–Crippen MR) is 91.0 cm³/mol. The Kier molecular flexibility index (Phi) is 6.84. The zero-order valence-corrected chi connectivity index (χ0v) is 16.1. The van der Waals surface area contributed by atoms with Gasteiger partial charge in [0.1, 0.15) is 11.4 Å². The zero-order valence-electron chi connectivity index (χ0n) is 15.3. The van der Waals surface area contributed by atoms with Crippen LogP contribution >= 0.6 is 11.8 Å². The second-order valence-corrected chi connectivity index (χ2v) is 7.77. The smallest absolute Gasteiger partial charge is 0.419 e. The third kappa shape index (κ3) is 6.77. The van der Waals surface area contributed by atoms with Crippen LogP contribution in [0.5, 0.6) is 5.75 Å². The molecule has 178 valence electrons. The highest BCUT2D eigenvalue weighted by atomic mass is 32.2. The summed E-state index contributed by atoms with van der Waals surface area (Å²) < 4.78 is 129. The van der Waals surface area contributed by atoms with Gasteiger partial charge >= 0.3 is 18.5 Å². The van der Waals surface area contributed by atoms with Crippen LogP contribution in [0.2, 0.25) is 0 Å². The number of hydrogen-bond donors (Lipinski definition) is 1. The summed E-state index contributed by atoms with van der Waals surface area (Å²) >= 11 is -0.00355. The van der Waals surface area contributed by atoms with Crippen molar-refractivity contribution >= 4 is 29.0 Å². The molecule has 0 aromatic heterocycles. The molecule has 0 saturated carbocycles. The molecule has 1 heterocycles. The van der Waals surface area contributed by atoms with Crippen LogP contribution in [0.15, 0.2) is 23.1 Å². The second kappa shape index (κ2) is 8.48. The highest BCUT2D eigenvalue weighted by Crippen LogP contribution is 2.42. The van der Waals surface area contributed by atoms with Crippen molar-refractivity contribution in [3.8, 4) is 5.75 Å². The predicted octanol–water partition coefficient (Wildman–Crippen LogP) is 6.06. The molecule has 15 heteroatoms. The minimum atomic E-state index is -5.39. The summed E-state index contributed by atoms with van der Waals surface area (Å²) in [6, 6.07) is 1.93. The van der Waals surface area contributed by atoms with Gasteiger partial charge in [0.05, 0.1) is 29.9 Å². The van der Waals surface area contributed by atoms with E-state index in [9.17, 15) is 58.6 Å². The van der Waals surface area contributed by atoms with Crippen LogP contribution in [0.25, 0.3) is 6.08 Å². The molecule has 2 rings (SSSR count). The molecule has 32 heavy (non-hydrogen) atoms. The molecular formula is C17H11F10NO3S. The van der Waals surface area contributed by atoms with E-state index in [-0.39, 0.29) is 22.2 Å². The Morgan fingerprint density at radius 3 is 1.91 bits per heavy atom. The number of nitrogens with zero attached hydrogens (tertiary/aromatic N) is 1. The number of hydrogen-bond acceptors (Lipinski definition) is 4. The van der Waals surface area contributed by atoms with Gasteiger partial charge < -0.3 is 5.11 Å². The van der Waals surface area contributed by atoms with Gasteiger partial charge in [-0.2, -0.15) is 39.5 Å². The first-order chi connectivity index (χ1) is 14.3. The largest absolute Gasteiger partial charge is 0.507 e. The van der Waals surface area contributed by atoms with Crippen molar-refractivity contribution in [1.82, 2.24) is 4.90 Å². The van der Waals surface area contributed by atoms with Gasteiger partial charge in [-0.05, 0) is 35.5 Å². The van der Waals surface area contributed by atoms with Gasteiger partial charge in [0, 0.05) is 0 Å². The number of halogens is 10. The highest BCUT2D eigenvalue weighted by molar-refractivity contribution is 8.18. The van der Waals surface area contributed by atoms with E-state index in [4.69, 9.17) is 0 Å². The molecule has 1 aliphatic rings. The summed E-state index contributed by atoms with van der Waals surface area (Å²) in [5, 5.41) is 7.88. The van der Waals surface area contributed by atoms with E-state index in [1.54, 1.807) is 0 Å². The summed E-state index contributed by atoms with van der Waals surface area (Å²) in [5.41, 5.74) is -5.93. The Bertz CT molecular complexity index is 920. The molecule has 0 spiro atoms. The normalized spacial score (nSPS) is 17.6. The fraction of sp³-hybridized carbons (Fsp3) is 0.412. The molecule has 0 radical (unpaired) electrons.